The van der Waals surface area contributed by atoms with E-state index in [1.54, 1.807) is 0 Å². The van der Waals surface area contributed by atoms with Crippen LogP contribution in [0.2, 0.25) is 0 Å². The van der Waals surface area contributed by atoms with Crippen LogP contribution in [-0.4, -0.2) is 34.5 Å². The van der Waals surface area contributed by atoms with Gasteiger partial charge in [-0.2, -0.15) is 0 Å². The Balaban J connectivity index is 2.11. The number of nitrogens with one attached hydrogen (secondary N) is 1. The number of urea groups is 1. The van der Waals surface area contributed by atoms with Crippen LogP contribution >= 0.6 is 0 Å². The van der Waals surface area contributed by atoms with Gasteiger partial charge in [0.05, 0.1) is 18.7 Å². The molecular weight excluding hydrogens is 216 g/mol. The van der Waals surface area contributed by atoms with E-state index in [-0.39, 0.29) is 30.3 Å². The summed E-state index contributed by atoms with van der Waals surface area (Å²) in [6.45, 7) is -0.0940. The lowest BCUT2D eigenvalue weighted by atomic mass is 10.3. The molecular formula is C9H8N2O5. The second-order valence-electron chi connectivity index (χ2n) is 3.25. The Morgan fingerprint density at radius 2 is 2.31 bits per heavy atom. The molecule has 1 fully saturated rings. The summed E-state index contributed by atoms with van der Waals surface area (Å²) in [6, 6.07) is 0.777. The second kappa shape index (κ2) is 3.69. The van der Waals surface area contributed by atoms with E-state index < -0.39 is 12.0 Å². The predicted molar refractivity (Wildman–Crippen MR) is 49.6 cm³/mol. The highest BCUT2D eigenvalue weighted by Crippen LogP contribution is 2.12. The number of imide groups is 1. The topological polar surface area (TPSA) is 99.8 Å². The first kappa shape index (κ1) is 10.2. The fourth-order valence-corrected chi connectivity index (χ4v) is 1.35. The van der Waals surface area contributed by atoms with Crippen molar-refractivity contribution in [1.82, 2.24) is 10.2 Å². The van der Waals surface area contributed by atoms with Gasteiger partial charge in [0.25, 0.3) is 0 Å². The highest BCUT2D eigenvalue weighted by molar-refractivity contribution is 6.01. The van der Waals surface area contributed by atoms with Crippen LogP contribution in [0, 0.1) is 0 Å². The van der Waals surface area contributed by atoms with Gasteiger partial charge in [-0.05, 0) is 6.07 Å². The normalized spacial score (nSPS) is 15.4. The maximum Gasteiger partial charge on any atom is 0.338 e. The lowest BCUT2D eigenvalue weighted by Gasteiger charge is -2.09. The molecule has 0 saturated carbocycles. The van der Waals surface area contributed by atoms with Gasteiger partial charge in [-0.25, -0.2) is 9.59 Å². The number of rotatable bonds is 3. The highest BCUT2D eigenvalue weighted by Gasteiger charge is 2.29. The molecule has 0 aliphatic carbocycles. The molecule has 7 nitrogen and oxygen atoms in total. The zero-order valence-electron chi connectivity index (χ0n) is 8.10. The molecule has 7 heteroatoms. The van der Waals surface area contributed by atoms with Crippen LogP contribution < -0.4 is 5.32 Å². The zero-order valence-corrected chi connectivity index (χ0v) is 8.10. The van der Waals surface area contributed by atoms with E-state index in [1.807, 2.05) is 0 Å². The average Bonchev–Trinajstić information content (AvgIpc) is 2.80. The Hall–Kier alpha value is -2.31. The minimum absolute atomic E-state index is 0.0120. The summed E-state index contributed by atoms with van der Waals surface area (Å²) >= 11 is 0. The highest BCUT2D eigenvalue weighted by atomic mass is 16.4. The van der Waals surface area contributed by atoms with E-state index in [4.69, 9.17) is 9.52 Å². The number of aromatic carboxylic acids is 1. The van der Waals surface area contributed by atoms with Crippen LogP contribution in [0.5, 0.6) is 0 Å². The Labute approximate surface area is 89.6 Å². The fraction of sp³-hybridized carbons (Fsp3) is 0.222. The summed E-state index contributed by atoms with van der Waals surface area (Å²) in [4.78, 5) is 33.9. The summed E-state index contributed by atoms with van der Waals surface area (Å²) in [7, 11) is 0. The van der Waals surface area contributed by atoms with Gasteiger partial charge in [-0.3, -0.25) is 9.69 Å². The van der Waals surface area contributed by atoms with Gasteiger partial charge in [-0.15, -0.1) is 0 Å². The number of amides is 3. The molecule has 1 aliphatic heterocycles. The van der Waals surface area contributed by atoms with Crippen LogP contribution in [-0.2, 0) is 11.3 Å². The van der Waals surface area contributed by atoms with Gasteiger partial charge in [0, 0.05) is 0 Å². The van der Waals surface area contributed by atoms with Gasteiger partial charge in [0.2, 0.25) is 5.91 Å². The van der Waals surface area contributed by atoms with Gasteiger partial charge >= 0.3 is 12.0 Å². The van der Waals surface area contributed by atoms with Crippen LogP contribution in [0.4, 0.5) is 4.79 Å². The quantitative estimate of drug-likeness (QED) is 0.705. The molecule has 2 N–H and O–H groups in total. The molecule has 1 aromatic heterocycles. The van der Waals surface area contributed by atoms with Gasteiger partial charge in [0.1, 0.15) is 12.0 Å². The number of hydrogen-bond acceptors (Lipinski definition) is 4. The van der Waals surface area contributed by atoms with Crippen LogP contribution in [0.25, 0.3) is 0 Å². The minimum atomic E-state index is -1.12. The monoisotopic (exact) mass is 224 g/mol. The number of nitrogens with zero attached hydrogens (tertiary/aromatic N) is 1. The Bertz CT molecular complexity index is 448. The molecule has 0 bridgehead atoms. The molecule has 1 saturated heterocycles. The molecule has 2 heterocycles. The van der Waals surface area contributed by atoms with Crippen molar-refractivity contribution in [3.63, 3.8) is 0 Å². The first-order valence-electron chi connectivity index (χ1n) is 4.47. The molecule has 0 aromatic carbocycles. The molecule has 84 valence electrons. The van der Waals surface area contributed by atoms with Crippen molar-refractivity contribution in [2.45, 2.75) is 6.54 Å². The van der Waals surface area contributed by atoms with E-state index in [2.05, 4.69) is 5.32 Å². The summed E-state index contributed by atoms with van der Waals surface area (Å²) in [5.41, 5.74) is -0.0120. The third-order valence-corrected chi connectivity index (χ3v) is 2.15. The van der Waals surface area contributed by atoms with Crippen LogP contribution in [0.3, 0.4) is 0 Å². The lowest BCUT2D eigenvalue weighted by Crippen LogP contribution is -2.30. The van der Waals surface area contributed by atoms with Crippen LogP contribution in [0.15, 0.2) is 16.7 Å². The van der Waals surface area contributed by atoms with Crippen molar-refractivity contribution < 1.29 is 23.9 Å². The number of carboxylic acids is 1. The number of furan rings is 1. The molecule has 3 amide bonds. The molecule has 0 radical (unpaired) electrons. The molecule has 0 atom stereocenters. The van der Waals surface area contributed by atoms with Crippen molar-refractivity contribution in [1.29, 1.82) is 0 Å². The number of carboxylic acid groups (broad SMARTS) is 1. The van der Waals surface area contributed by atoms with Gasteiger partial charge < -0.3 is 14.8 Å². The number of carbonyl (C=O) groups is 3. The first-order valence-corrected chi connectivity index (χ1v) is 4.47. The Kier molecular flexibility index (Phi) is 2.35. The Morgan fingerprint density at radius 1 is 1.56 bits per heavy atom. The summed E-state index contributed by atoms with van der Waals surface area (Å²) in [5, 5.41) is 11.0. The zero-order chi connectivity index (χ0) is 11.7. The van der Waals surface area contributed by atoms with Crippen molar-refractivity contribution >= 4 is 17.9 Å². The SMILES string of the molecule is O=C(O)c1coc(CN2C(=O)CNC2=O)c1. The van der Waals surface area contributed by atoms with Gasteiger partial charge in [0.15, 0.2) is 0 Å². The smallest absolute Gasteiger partial charge is 0.338 e. The molecule has 1 aliphatic rings. The number of carbonyl (C=O) groups excluding carboxylic acids is 2. The average molecular weight is 224 g/mol. The van der Waals surface area contributed by atoms with Crippen LogP contribution in [0.1, 0.15) is 16.1 Å². The lowest BCUT2D eigenvalue weighted by molar-refractivity contribution is -0.125. The number of hydrogen-bond donors (Lipinski definition) is 2. The van der Waals surface area contributed by atoms with E-state index in [9.17, 15) is 14.4 Å². The van der Waals surface area contributed by atoms with E-state index in [0.717, 1.165) is 11.2 Å². The maximum absolute atomic E-state index is 11.2. The fourth-order valence-electron chi connectivity index (χ4n) is 1.35. The first-order chi connectivity index (χ1) is 7.58. The standard InChI is InChI=1S/C9H8N2O5/c12-7-2-10-9(15)11(7)3-6-1-5(4-16-6)8(13)14/h1,4H,2-3H2,(H,10,15)(H,13,14). The second-order valence-corrected chi connectivity index (χ2v) is 3.25. The third-order valence-electron chi connectivity index (χ3n) is 2.15. The van der Waals surface area contributed by atoms with Crippen molar-refractivity contribution in [2.24, 2.45) is 0 Å². The van der Waals surface area contributed by atoms with Gasteiger partial charge in [-0.1, -0.05) is 0 Å². The third kappa shape index (κ3) is 1.74. The van der Waals surface area contributed by atoms with Crippen molar-refractivity contribution in [3.8, 4) is 0 Å². The molecule has 0 spiro atoms. The maximum atomic E-state index is 11.2. The molecule has 2 rings (SSSR count). The molecule has 16 heavy (non-hydrogen) atoms. The Morgan fingerprint density at radius 3 is 2.81 bits per heavy atom. The van der Waals surface area contributed by atoms with Crippen molar-refractivity contribution in [3.05, 3.63) is 23.7 Å². The molecule has 0 unspecified atom stereocenters. The molecule has 1 aromatic rings. The largest absolute Gasteiger partial charge is 0.478 e. The summed E-state index contributed by atoms with van der Waals surface area (Å²) in [6.07, 6.45) is 1.07. The van der Waals surface area contributed by atoms with E-state index in [0.29, 0.717) is 0 Å². The van der Waals surface area contributed by atoms with E-state index >= 15 is 0 Å². The predicted octanol–water partition coefficient (Wildman–Crippen LogP) is 0.0296. The minimum Gasteiger partial charge on any atom is -0.478 e. The van der Waals surface area contributed by atoms with Crippen molar-refractivity contribution in [2.75, 3.05) is 6.54 Å². The summed E-state index contributed by atoms with van der Waals surface area (Å²) in [5.74, 6) is -1.23. The van der Waals surface area contributed by atoms with E-state index in [1.165, 1.54) is 6.07 Å². The summed E-state index contributed by atoms with van der Waals surface area (Å²) < 4.78 is 4.93.